The van der Waals surface area contributed by atoms with Gasteiger partial charge in [0.15, 0.2) is 0 Å². The number of pyridine rings is 1. The van der Waals surface area contributed by atoms with Gasteiger partial charge < -0.3 is 4.98 Å². The second-order valence-corrected chi connectivity index (χ2v) is 5.23. The number of aromatic nitrogens is 3. The molecule has 0 radical (unpaired) electrons. The van der Waals surface area contributed by atoms with Crippen molar-refractivity contribution in [3.05, 3.63) is 70.4 Å². The third kappa shape index (κ3) is 2.84. The van der Waals surface area contributed by atoms with Crippen LogP contribution in [-0.4, -0.2) is 15.0 Å². The van der Waals surface area contributed by atoms with Crippen molar-refractivity contribution in [1.82, 2.24) is 15.0 Å². The van der Waals surface area contributed by atoms with Crippen molar-refractivity contribution in [2.24, 2.45) is 0 Å². The van der Waals surface area contributed by atoms with Gasteiger partial charge in [-0.05, 0) is 35.9 Å². The number of rotatable bonds is 3. The van der Waals surface area contributed by atoms with E-state index in [1.54, 1.807) is 24.5 Å². The van der Waals surface area contributed by atoms with Crippen molar-refractivity contribution in [2.75, 3.05) is 0 Å². The summed E-state index contributed by atoms with van der Waals surface area (Å²) < 4.78 is 0. The molecule has 0 atom stereocenters. The van der Waals surface area contributed by atoms with Crippen LogP contribution in [0.25, 0.3) is 11.3 Å². The highest BCUT2D eigenvalue weighted by molar-refractivity contribution is 6.36. The van der Waals surface area contributed by atoms with Crippen molar-refractivity contribution in [3.63, 3.8) is 0 Å². The van der Waals surface area contributed by atoms with Crippen molar-refractivity contribution in [1.29, 1.82) is 0 Å². The van der Waals surface area contributed by atoms with Crippen LogP contribution in [0, 0.1) is 0 Å². The Morgan fingerprint density at radius 1 is 1.05 bits per heavy atom. The number of nitrogens with one attached hydrogen (secondary N) is 1. The van der Waals surface area contributed by atoms with E-state index in [1.807, 2.05) is 24.4 Å². The Balaban J connectivity index is 1.87. The summed E-state index contributed by atoms with van der Waals surface area (Å²) >= 11 is 12.1. The Labute approximate surface area is 126 Å². The molecule has 0 fully saturated rings. The average Bonchev–Trinajstić information content (AvgIpc) is 2.88. The first-order chi connectivity index (χ1) is 9.72. The smallest absolute Gasteiger partial charge is 0.111 e. The van der Waals surface area contributed by atoms with E-state index in [0.717, 1.165) is 29.1 Å². The number of nitrogens with zero attached hydrogens (tertiary/aromatic N) is 2. The van der Waals surface area contributed by atoms with E-state index >= 15 is 0 Å². The molecule has 100 valence electrons. The molecule has 5 heteroatoms. The highest BCUT2D eigenvalue weighted by Crippen LogP contribution is 2.29. The van der Waals surface area contributed by atoms with Crippen LogP contribution in [0.3, 0.4) is 0 Å². The molecule has 3 aromatic rings. The molecule has 0 bridgehead atoms. The summed E-state index contributed by atoms with van der Waals surface area (Å²) in [6.45, 7) is 0. The highest BCUT2D eigenvalue weighted by atomic mass is 35.5. The molecule has 0 saturated carbocycles. The summed E-state index contributed by atoms with van der Waals surface area (Å²) in [6.07, 6.45) is 6.13. The molecule has 2 heterocycles. The Hall–Kier alpha value is -1.84. The van der Waals surface area contributed by atoms with Gasteiger partial charge in [-0.1, -0.05) is 23.2 Å². The highest BCUT2D eigenvalue weighted by Gasteiger charge is 2.08. The molecule has 0 aliphatic heterocycles. The van der Waals surface area contributed by atoms with Gasteiger partial charge in [0.05, 0.1) is 10.7 Å². The van der Waals surface area contributed by atoms with Gasteiger partial charge in [-0.25, -0.2) is 4.98 Å². The maximum absolute atomic E-state index is 6.19. The number of H-pyrrole nitrogens is 1. The van der Waals surface area contributed by atoms with Gasteiger partial charge in [-0.2, -0.15) is 0 Å². The molecule has 2 aromatic heterocycles. The summed E-state index contributed by atoms with van der Waals surface area (Å²) in [5.74, 6) is 0.886. The number of halogens is 2. The molecular weight excluding hydrogens is 293 g/mol. The maximum atomic E-state index is 6.19. The summed E-state index contributed by atoms with van der Waals surface area (Å²) in [6, 6.07) is 9.33. The van der Waals surface area contributed by atoms with Gasteiger partial charge in [0.1, 0.15) is 5.82 Å². The van der Waals surface area contributed by atoms with Crippen LogP contribution >= 0.6 is 23.2 Å². The standard InChI is InChI=1S/C15H11Cl2N3/c16-11-1-2-12(13(17)8-11)14-9-19-15(20-14)7-10-3-5-18-6-4-10/h1-6,8-9H,7H2,(H,19,20). The lowest BCUT2D eigenvalue weighted by molar-refractivity contribution is 1.02. The van der Waals surface area contributed by atoms with Crippen LogP contribution in [0.15, 0.2) is 48.9 Å². The first-order valence-electron chi connectivity index (χ1n) is 6.11. The fraction of sp³-hybridized carbons (Fsp3) is 0.0667. The Morgan fingerprint density at radius 3 is 2.60 bits per heavy atom. The number of hydrogen-bond acceptors (Lipinski definition) is 2. The lowest BCUT2D eigenvalue weighted by Gasteiger charge is -2.00. The number of imidazole rings is 1. The van der Waals surface area contributed by atoms with E-state index in [0.29, 0.717) is 10.0 Å². The van der Waals surface area contributed by atoms with Crippen molar-refractivity contribution in [2.45, 2.75) is 6.42 Å². The molecular formula is C15H11Cl2N3. The van der Waals surface area contributed by atoms with E-state index in [-0.39, 0.29) is 0 Å². The normalized spacial score (nSPS) is 10.7. The second kappa shape index (κ2) is 5.65. The number of aromatic amines is 1. The third-order valence-corrected chi connectivity index (χ3v) is 3.51. The van der Waals surface area contributed by atoms with Crippen LogP contribution in [0.2, 0.25) is 10.0 Å². The molecule has 0 aliphatic carbocycles. The van der Waals surface area contributed by atoms with Crippen molar-refractivity contribution >= 4 is 23.2 Å². The molecule has 3 nitrogen and oxygen atoms in total. The Bertz CT molecular complexity index is 723. The quantitative estimate of drug-likeness (QED) is 0.780. The van der Waals surface area contributed by atoms with E-state index < -0.39 is 0 Å². The van der Waals surface area contributed by atoms with Gasteiger partial charge in [-0.3, -0.25) is 4.98 Å². The minimum atomic E-state index is 0.597. The van der Waals surface area contributed by atoms with Crippen molar-refractivity contribution in [3.8, 4) is 11.3 Å². The summed E-state index contributed by atoms with van der Waals surface area (Å²) in [4.78, 5) is 11.7. The zero-order chi connectivity index (χ0) is 13.9. The second-order valence-electron chi connectivity index (χ2n) is 4.39. The van der Waals surface area contributed by atoms with Gasteiger partial charge in [0.25, 0.3) is 0 Å². The minimum Gasteiger partial charge on any atom is -0.348 e. The Morgan fingerprint density at radius 2 is 1.85 bits per heavy atom. The molecule has 20 heavy (non-hydrogen) atoms. The molecule has 3 rings (SSSR count). The zero-order valence-electron chi connectivity index (χ0n) is 10.5. The van der Waals surface area contributed by atoms with Crippen LogP contribution in [-0.2, 0) is 6.42 Å². The average molecular weight is 304 g/mol. The largest absolute Gasteiger partial charge is 0.348 e. The predicted octanol–water partition coefficient (Wildman–Crippen LogP) is 4.37. The van der Waals surface area contributed by atoms with Crippen molar-refractivity contribution < 1.29 is 0 Å². The van der Waals surface area contributed by atoms with Gasteiger partial charge in [0.2, 0.25) is 0 Å². The number of benzene rings is 1. The monoisotopic (exact) mass is 303 g/mol. The minimum absolute atomic E-state index is 0.597. The molecule has 0 saturated heterocycles. The summed E-state index contributed by atoms with van der Waals surface area (Å²) in [7, 11) is 0. The van der Waals surface area contributed by atoms with E-state index in [2.05, 4.69) is 15.0 Å². The molecule has 0 aliphatic rings. The van der Waals surface area contributed by atoms with E-state index in [4.69, 9.17) is 23.2 Å². The zero-order valence-corrected chi connectivity index (χ0v) is 12.0. The molecule has 1 N–H and O–H groups in total. The van der Waals surface area contributed by atoms with Gasteiger partial charge >= 0.3 is 0 Å². The summed E-state index contributed by atoms with van der Waals surface area (Å²) in [5.41, 5.74) is 2.84. The predicted molar refractivity (Wildman–Crippen MR) is 81.1 cm³/mol. The fourth-order valence-corrected chi connectivity index (χ4v) is 2.49. The molecule has 1 aromatic carbocycles. The van der Waals surface area contributed by atoms with Gasteiger partial charge in [0, 0.05) is 35.6 Å². The summed E-state index contributed by atoms with van der Waals surface area (Å²) in [5, 5.41) is 1.21. The van der Waals surface area contributed by atoms with Gasteiger partial charge in [-0.15, -0.1) is 0 Å². The van der Waals surface area contributed by atoms with Crippen LogP contribution in [0.5, 0.6) is 0 Å². The fourth-order valence-electron chi connectivity index (χ4n) is 1.98. The first-order valence-corrected chi connectivity index (χ1v) is 6.86. The van der Waals surface area contributed by atoms with E-state index in [9.17, 15) is 0 Å². The topological polar surface area (TPSA) is 41.6 Å². The van der Waals surface area contributed by atoms with E-state index in [1.165, 1.54) is 0 Å². The number of hydrogen-bond donors (Lipinski definition) is 1. The lowest BCUT2D eigenvalue weighted by Crippen LogP contribution is -1.90. The Kier molecular flexibility index (Phi) is 3.72. The molecule has 0 spiro atoms. The maximum Gasteiger partial charge on any atom is 0.111 e. The third-order valence-electron chi connectivity index (χ3n) is 2.96. The first kappa shape index (κ1) is 13.2. The van der Waals surface area contributed by atoms with Crippen LogP contribution in [0.1, 0.15) is 11.4 Å². The SMILES string of the molecule is Clc1ccc(-c2c[nH]c(Cc3ccncc3)n2)c(Cl)c1. The molecule has 0 unspecified atom stereocenters. The van der Waals surface area contributed by atoms with Crippen LogP contribution < -0.4 is 0 Å². The molecule has 0 amide bonds. The van der Waals surface area contributed by atoms with Crippen LogP contribution in [0.4, 0.5) is 0 Å². The lowest BCUT2D eigenvalue weighted by atomic mass is 10.2.